The average Bonchev–Trinajstić information content (AvgIpc) is 2.82. The third kappa shape index (κ3) is 5.46. The van der Waals surface area contributed by atoms with Crippen molar-refractivity contribution in [3.05, 3.63) is 91.6 Å². The van der Waals surface area contributed by atoms with Gasteiger partial charge >= 0.3 is 0 Å². The van der Waals surface area contributed by atoms with E-state index in [1.807, 2.05) is 6.92 Å². The maximum absolute atomic E-state index is 13.9. The first-order chi connectivity index (χ1) is 17.4. The maximum atomic E-state index is 13.9. The Morgan fingerprint density at radius 3 is 2.49 bits per heavy atom. The van der Waals surface area contributed by atoms with Gasteiger partial charge in [-0.15, -0.1) is 0 Å². The van der Waals surface area contributed by atoms with Gasteiger partial charge in [-0.3, -0.25) is 14.3 Å². The van der Waals surface area contributed by atoms with Gasteiger partial charge in [-0.05, 0) is 45.4 Å². The van der Waals surface area contributed by atoms with Crippen molar-refractivity contribution in [3.63, 3.8) is 0 Å². The highest BCUT2D eigenvalue weighted by atomic mass is 35.5. The molecule has 0 fully saturated rings. The lowest BCUT2D eigenvalue weighted by atomic mass is 10.0. The van der Waals surface area contributed by atoms with Gasteiger partial charge in [0.1, 0.15) is 29.5 Å². The standard InChI is InChI=1S/C25H21Cl2F2N5O3/c1-12-9-31-24(25(3,4)36)33-21(12)14-5-6-16(26)19(7-14)34-13(2)32-22(20(27)23(34)35)37-11-18-17(29)8-15(28)10-30-18/h5-10,36H,11H2,1-4H3. The number of halogens is 4. The largest absolute Gasteiger partial charge is 0.470 e. The summed E-state index contributed by atoms with van der Waals surface area (Å²) in [6.45, 7) is 6.10. The SMILES string of the molecule is Cc1cnc(C(C)(C)O)nc1-c1ccc(Cl)c(-n2c(C)nc(OCc3ncc(F)cc3F)c(Cl)c2=O)c1. The number of rotatable bonds is 6. The Bertz CT molecular complexity index is 1570. The molecule has 0 unspecified atom stereocenters. The molecule has 0 bridgehead atoms. The zero-order valence-electron chi connectivity index (χ0n) is 20.2. The molecule has 0 saturated heterocycles. The first kappa shape index (κ1) is 26.6. The van der Waals surface area contributed by atoms with Crippen molar-refractivity contribution >= 4 is 23.2 Å². The van der Waals surface area contributed by atoms with Gasteiger partial charge < -0.3 is 9.84 Å². The highest BCUT2D eigenvalue weighted by Gasteiger charge is 2.22. The molecule has 1 N–H and O–H groups in total. The van der Waals surface area contributed by atoms with E-state index < -0.39 is 29.4 Å². The van der Waals surface area contributed by atoms with E-state index in [0.29, 0.717) is 17.3 Å². The summed E-state index contributed by atoms with van der Waals surface area (Å²) in [4.78, 5) is 29.8. The van der Waals surface area contributed by atoms with Crippen LogP contribution >= 0.6 is 23.2 Å². The Morgan fingerprint density at radius 2 is 1.81 bits per heavy atom. The summed E-state index contributed by atoms with van der Waals surface area (Å²) < 4.78 is 33.6. The fraction of sp³-hybridized carbons (Fsp3) is 0.240. The summed E-state index contributed by atoms with van der Waals surface area (Å²) >= 11 is 12.7. The monoisotopic (exact) mass is 547 g/mol. The molecule has 12 heteroatoms. The number of aromatic nitrogens is 5. The fourth-order valence-electron chi connectivity index (χ4n) is 3.51. The van der Waals surface area contributed by atoms with Gasteiger partial charge in [-0.1, -0.05) is 29.3 Å². The van der Waals surface area contributed by atoms with Crippen molar-refractivity contribution < 1.29 is 18.6 Å². The second-order valence-electron chi connectivity index (χ2n) is 8.74. The number of nitrogens with zero attached hydrogens (tertiary/aromatic N) is 5. The van der Waals surface area contributed by atoms with Gasteiger partial charge in [0.2, 0.25) is 5.88 Å². The number of aliphatic hydroxyl groups is 1. The average molecular weight is 548 g/mol. The van der Waals surface area contributed by atoms with E-state index in [1.54, 1.807) is 45.2 Å². The first-order valence-corrected chi connectivity index (χ1v) is 11.7. The summed E-state index contributed by atoms with van der Waals surface area (Å²) in [6.07, 6.45) is 2.45. The molecule has 3 heterocycles. The molecule has 1 aromatic carbocycles. The number of hydrogen-bond acceptors (Lipinski definition) is 7. The van der Waals surface area contributed by atoms with Crippen LogP contribution in [0.25, 0.3) is 16.9 Å². The van der Waals surface area contributed by atoms with E-state index in [4.69, 9.17) is 27.9 Å². The molecule has 8 nitrogen and oxygen atoms in total. The third-order valence-corrected chi connectivity index (χ3v) is 6.02. The second-order valence-corrected chi connectivity index (χ2v) is 9.53. The van der Waals surface area contributed by atoms with E-state index in [2.05, 4.69) is 19.9 Å². The summed E-state index contributed by atoms with van der Waals surface area (Å²) in [7, 11) is 0. The Labute approximate surface area is 220 Å². The van der Waals surface area contributed by atoms with Crippen molar-refractivity contribution in [3.8, 4) is 22.8 Å². The van der Waals surface area contributed by atoms with Crippen LogP contribution in [0.4, 0.5) is 8.78 Å². The smallest absolute Gasteiger partial charge is 0.280 e. The number of hydrogen-bond donors (Lipinski definition) is 1. The Balaban J connectivity index is 1.75. The fourth-order valence-corrected chi connectivity index (χ4v) is 3.89. The van der Waals surface area contributed by atoms with E-state index in [1.165, 1.54) is 4.57 Å². The predicted molar refractivity (Wildman–Crippen MR) is 134 cm³/mol. The van der Waals surface area contributed by atoms with Gasteiger partial charge in [0, 0.05) is 17.8 Å². The number of benzene rings is 1. The zero-order valence-corrected chi connectivity index (χ0v) is 21.7. The van der Waals surface area contributed by atoms with Crippen LogP contribution in [0, 0.1) is 25.5 Å². The lowest BCUT2D eigenvalue weighted by Crippen LogP contribution is -2.24. The van der Waals surface area contributed by atoms with Crippen molar-refractivity contribution in [2.75, 3.05) is 0 Å². The molecule has 0 saturated carbocycles. The van der Waals surface area contributed by atoms with Crippen LogP contribution in [0.15, 0.2) is 41.5 Å². The molecule has 192 valence electrons. The first-order valence-electron chi connectivity index (χ1n) is 11.0. The summed E-state index contributed by atoms with van der Waals surface area (Å²) in [5.74, 6) is -1.55. The maximum Gasteiger partial charge on any atom is 0.280 e. The second kappa shape index (κ2) is 10.1. The van der Waals surface area contributed by atoms with Crippen LogP contribution in [-0.2, 0) is 12.2 Å². The van der Waals surface area contributed by atoms with Crippen LogP contribution in [0.3, 0.4) is 0 Å². The topological polar surface area (TPSA) is 103 Å². The molecule has 0 spiro atoms. The molecule has 0 aliphatic carbocycles. The lowest BCUT2D eigenvalue weighted by molar-refractivity contribution is 0.0688. The van der Waals surface area contributed by atoms with Gasteiger partial charge in [0.05, 0.1) is 22.6 Å². The summed E-state index contributed by atoms with van der Waals surface area (Å²) in [5.41, 5.74) is 0.0811. The normalized spacial score (nSPS) is 11.6. The summed E-state index contributed by atoms with van der Waals surface area (Å²) in [5, 5.41) is 10.2. The van der Waals surface area contributed by atoms with E-state index in [-0.39, 0.29) is 39.0 Å². The molecule has 3 aromatic heterocycles. The number of ether oxygens (including phenoxy) is 1. The minimum Gasteiger partial charge on any atom is -0.470 e. The van der Waals surface area contributed by atoms with E-state index >= 15 is 0 Å². The van der Waals surface area contributed by atoms with Gasteiger partial charge in [0.15, 0.2) is 16.7 Å². The molecule has 37 heavy (non-hydrogen) atoms. The van der Waals surface area contributed by atoms with Crippen LogP contribution in [0.2, 0.25) is 10.0 Å². The molecule has 0 atom stereocenters. The minimum absolute atomic E-state index is 0.178. The molecule has 0 amide bonds. The molecular weight excluding hydrogens is 527 g/mol. The van der Waals surface area contributed by atoms with Gasteiger partial charge in [-0.2, -0.15) is 4.98 Å². The molecule has 4 rings (SSSR count). The molecule has 0 radical (unpaired) electrons. The molecule has 4 aromatic rings. The summed E-state index contributed by atoms with van der Waals surface area (Å²) in [6, 6.07) is 5.65. The van der Waals surface area contributed by atoms with E-state index in [0.717, 1.165) is 11.8 Å². The molecule has 0 aliphatic rings. The van der Waals surface area contributed by atoms with Gasteiger partial charge in [0.25, 0.3) is 5.56 Å². The number of pyridine rings is 1. The highest BCUT2D eigenvalue weighted by molar-refractivity contribution is 6.33. The Hall–Kier alpha value is -3.47. The Kier molecular flexibility index (Phi) is 7.27. The van der Waals surface area contributed by atoms with Crippen LogP contribution in [0.1, 0.15) is 36.8 Å². The van der Waals surface area contributed by atoms with E-state index in [9.17, 15) is 18.7 Å². The lowest BCUT2D eigenvalue weighted by Gasteiger charge is -2.18. The third-order valence-electron chi connectivity index (χ3n) is 5.37. The van der Waals surface area contributed by atoms with Gasteiger partial charge in [-0.25, -0.2) is 18.7 Å². The zero-order chi connectivity index (χ0) is 27.1. The van der Waals surface area contributed by atoms with Crippen molar-refractivity contribution in [1.29, 1.82) is 0 Å². The van der Waals surface area contributed by atoms with Crippen molar-refractivity contribution in [2.45, 2.75) is 39.9 Å². The van der Waals surface area contributed by atoms with Crippen molar-refractivity contribution in [2.24, 2.45) is 0 Å². The predicted octanol–water partition coefficient (Wildman–Crippen LogP) is 5.09. The van der Waals surface area contributed by atoms with Crippen LogP contribution in [-0.4, -0.2) is 29.6 Å². The molecular formula is C25H21Cl2F2N5O3. The quantitative estimate of drug-likeness (QED) is 0.358. The van der Waals surface area contributed by atoms with Crippen LogP contribution < -0.4 is 10.3 Å². The Morgan fingerprint density at radius 1 is 1.08 bits per heavy atom. The minimum atomic E-state index is -1.26. The van der Waals surface area contributed by atoms with Crippen LogP contribution in [0.5, 0.6) is 5.88 Å². The van der Waals surface area contributed by atoms with Crippen molar-refractivity contribution in [1.82, 2.24) is 24.5 Å². The highest BCUT2D eigenvalue weighted by Crippen LogP contribution is 2.31. The molecule has 0 aliphatic heterocycles. The number of aryl methyl sites for hydroxylation is 2.